The Morgan fingerprint density at radius 1 is 1.32 bits per heavy atom. The van der Waals surface area contributed by atoms with E-state index in [2.05, 4.69) is 22.3 Å². The number of carbonyl (C=O) groups excluding carboxylic acids is 1. The molecule has 4 nitrogen and oxygen atoms in total. The summed E-state index contributed by atoms with van der Waals surface area (Å²) in [7, 11) is 0. The molecule has 1 aliphatic rings. The molecule has 2 unspecified atom stereocenters. The summed E-state index contributed by atoms with van der Waals surface area (Å²) in [5.74, 6) is -1.11. The first kappa shape index (κ1) is 16.5. The maximum atomic E-state index is 13.6. The van der Waals surface area contributed by atoms with E-state index in [9.17, 15) is 18.0 Å². The molecule has 2 atom stereocenters. The summed E-state index contributed by atoms with van der Waals surface area (Å²) in [4.78, 5) is 11.9. The van der Waals surface area contributed by atoms with Crippen LogP contribution in [0, 0.1) is 11.7 Å². The number of hydrogen-bond acceptors (Lipinski definition) is 2. The average molecular weight is 316 g/mol. The summed E-state index contributed by atoms with van der Waals surface area (Å²) in [6.45, 7) is -1.01. The van der Waals surface area contributed by atoms with E-state index >= 15 is 0 Å². The maximum absolute atomic E-state index is 13.6. The molecule has 7 heteroatoms. The van der Waals surface area contributed by atoms with Gasteiger partial charge in [0.1, 0.15) is 0 Å². The van der Waals surface area contributed by atoms with Crippen molar-refractivity contribution in [2.75, 3.05) is 5.32 Å². The van der Waals surface area contributed by atoms with Crippen LogP contribution in [-0.4, -0.2) is 18.7 Å². The predicted molar refractivity (Wildman–Crippen MR) is 76.6 cm³/mol. The molecule has 2 amide bonds. The van der Waals surface area contributed by atoms with Gasteiger partial charge in [-0.3, -0.25) is 0 Å². The molecule has 1 aliphatic carbocycles. The fourth-order valence-corrected chi connectivity index (χ4v) is 2.64. The molecular formula is C15H19F3N2O2. The van der Waals surface area contributed by atoms with Crippen molar-refractivity contribution in [3.8, 4) is 5.75 Å². The van der Waals surface area contributed by atoms with Gasteiger partial charge < -0.3 is 15.4 Å². The van der Waals surface area contributed by atoms with E-state index in [-0.39, 0.29) is 11.7 Å². The molecule has 2 N–H and O–H groups in total. The molecule has 1 aromatic rings. The Balaban J connectivity index is 1.92. The highest BCUT2D eigenvalue weighted by Crippen LogP contribution is 2.25. The van der Waals surface area contributed by atoms with Crippen molar-refractivity contribution in [3.05, 3.63) is 24.0 Å². The van der Waals surface area contributed by atoms with E-state index in [0.717, 1.165) is 37.8 Å². The number of urea groups is 1. The quantitative estimate of drug-likeness (QED) is 0.877. The minimum absolute atomic E-state index is 0.0973. The standard InChI is InChI=1S/C15H19F3N2O2/c1-9-4-2-3-5-12(9)20-15(21)19-10-6-7-13(11(16)8-10)22-14(17)18/h6-9,12,14H,2-5H2,1H3,(H2,19,20,21). The summed E-state index contributed by atoms with van der Waals surface area (Å²) in [5, 5.41) is 5.36. The van der Waals surface area contributed by atoms with E-state index in [1.165, 1.54) is 6.07 Å². The van der Waals surface area contributed by atoms with Gasteiger partial charge in [-0.1, -0.05) is 19.8 Å². The van der Waals surface area contributed by atoms with Gasteiger partial charge >= 0.3 is 12.6 Å². The lowest BCUT2D eigenvalue weighted by Crippen LogP contribution is -2.43. The van der Waals surface area contributed by atoms with Gasteiger partial charge in [0.25, 0.3) is 0 Å². The fourth-order valence-electron chi connectivity index (χ4n) is 2.64. The van der Waals surface area contributed by atoms with E-state index in [1.807, 2.05) is 0 Å². The monoisotopic (exact) mass is 316 g/mol. The summed E-state index contributed by atoms with van der Waals surface area (Å²) in [6, 6.07) is 2.98. The second-order valence-electron chi connectivity index (χ2n) is 5.49. The number of anilines is 1. The maximum Gasteiger partial charge on any atom is 0.387 e. The topological polar surface area (TPSA) is 50.4 Å². The van der Waals surface area contributed by atoms with Crippen molar-refractivity contribution in [3.63, 3.8) is 0 Å². The Morgan fingerprint density at radius 2 is 2.05 bits per heavy atom. The Labute approximate surface area is 127 Å². The van der Waals surface area contributed by atoms with Gasteiger partial charge in [-0.2, -0.15) is 8.78 Å². The average Bonchev–Trinajstić information content (AvgIpc) is 2.44. The summed E-state index contributed by atoms with van der Waals surface area (Å²) >= 11 is 0. The number of rotatable bonds is 4. The first-order chi connectivity index (χ1) is 10.5. The van der Waals surface area contributed by atoms with E-state index in [1.54, 1.807) is 0 Å². The van der Waals surface area contributed by atoms with E-state index in [4.69, 9.17) is 0 Å². The van der Waals surface area contributed by atoms with E-state index in [0.29, 0.717) is 5.92 Å². The smallest absolute Gasteiger partial charge is 0.387 e. The molecule has 2 rings (SSSR count). The normalized spacial score (nSPS) is 21.5. The molecule has 0 heterocycles. The number of nitrogens with one attached hydrogen (secondary N) is 2. The molecular weight excluding hydrogens is 297 g/mol. The Hall–Kier alpha value is -1.92. The van der Waals surface area contributed by atoms with Crippen molar-refractivity contribution < 1.29 is 22.7 Å². The lowest BCUT2D eigenvalue weighted by atomic mass is 9.86. The number of benzene rings is 1. The van der Waals surface area contributed by atoms with Crippen LogP contribution >= 0.6 is 0 Å². The van der Waals surface area contributed by atoms with Crippen molar-refractivity contribution in [1.29, 1.82) is 0 Å². The lowest BCUT2D eigenvalue weighted by Gasteiger charge is -2.29. The van der Waals surface area contributed by atoms with Crippen LogP contribution in [0.3, 0.4) is 0 Å². The van der Waals surface area contributed by atoms with Crippen LogP contribution in [0.4, 0.5) is 23.7 Å². The Bertz CT molecular complexity index is 526. The molecule has 0 radical (unpaired) electrons. The highest BCUT2D eigenvalue weighted by molar-refractivity contribution is 5.89. The van der Waals surface area contributed by atoms with Crippen LogP contribution < -0.4 is 15.4 Å². The van der Waals surface area contributed by atoms with Crippen LogP contribution in [0.25, 0.3) is 0 Å². The van der Waals surface area contributed by atoms with Crippen molar-refractivity contribution >= 4 is 11.7 Å². The van der Waals surface area contributed by atoms with E-state index < -0.39 is 24.2 Å². The van der Waals surface area contributed by atoms with Gasteiger partial charge in [0.05, 0.1) is 0 Å². The first-order valence-electron chi connectivity index (χ1n) is 7.27. The highest BCUT2D eigenvalue weighted by atomic mass is 19.3. The number of hydrogen-bond donors (Lipinski definition) is 2. The summed E-state index contributed by atoms with van der Waals surface area (Å²) in [5.41, 5.74) is 0.181. The van der Waals surface area contributed by atoms with Crippen LogP contribution in [0.1, 0.15) is 32.6 Å². The number of amides is 2. The zero-order valence-electron chi connectivity index (χ0n) is 12.2. The van der Waals surface area contributed by atoms with Gasteiger partial charge in [-0.05, 0) is 30.9 Å². The van der Waals surface area contributed by atoms with Crippen LogP contribution in [0.15, 0.2) is 18.2 Å². The second-order valence-corrected chi connectivity index (χ2v) is 5.49. The lowest BCUT2D eigenvalue weighted by molar-refractivity contribution is -0.0521. The summed E-state index contributed by atoms with van der Waals surface area (Å²) < 4.78 is 41.6. The van der Waals surface area contributed by atoms with Crippen molar-refractivity contribution in [2.45, 2.75) is 45.3 Å². The fraction of sp³-hybridized carbons (Fsp3) is 0.533. The second kappa shape index (κ2) is 7.38. The minimum atomic E-state index is -3.09. The largest absolute Gasteiger partial charge is 0.432 e. The first-order valence-corrected chi connectivity index (χ1v) is 7.27. The van der Waals surface area contributed by atoms with Crippen molar-refractivity contribution in [1.82, 2.24) is 5.32 Å². The van der Waals surface area contributed by atoms with Gasteiger partial charge in [-0.25, -0.2) is 9.18 Å². The zero-order valence-corrected chi connectivity index (χ0v) is 12.2. The molecule has 0 aliphatic heterocycles. The molecule has 1 aromatic carbocycles. The van der Waals surface area contributed by atoms with Crippen LogP contribution in [0.5, 0.6) is 5.75 Å². The Kier molecular flexibility index (Phi) is 5.51. The molecule has 22 heavy (non-hydrogen) atoms. The van der Waals surface area contributed by atoms with Gasteiger partial charge in [0.2, 0.25) is 0 Å². The third-order valence-electron chi connectivity index (χ3n) is 3.83. The van der Waals surface area contributed by atoms with Gasteiger partial charge in [0, 0.05) is 17.8 Å². The summed E-state index contributed by atoms with van der Waals surface area (Å²) in [6.07, 6.45) is 4.23. The Morgan fingerprint density at radius 3 is 2.68 bits per heavy atom. The molecule has 0 saturated heterocycles. The van der Waals surface area contributed by atoms with Crippen molar-refractivity contribution in [2.24, 2.45) is 5.92 Å². The molecule has 0 bridgehead atoms. The van der Waals surface area contributed by atoms with Crippen LogP contribution in [0.2, 0.25) is 0 Å². The zero-order chi connectivity index (χ0) is 16.1. The van der Waals surface area contributed by atoms with Crippen LogP contribution in [-0.2, 0) is 0 Å². The molecule has 0 aromatic heterocycles. The predicted octanol–water partition coefficient (Wildman–Crippen LogP) is 4.13. The van der Waals surface area contributed by atoms with Gasteiger partial charge in [-0.15, -0.1) is 0 Å². The molecule has 1 saturated carbocycles. The third kappa shape index (κ3) is 4.54. The molecule has 122 valence electrons. The minimum Gasteiger partial charge on any atom is -0.432 e. The highest BCUT2D eigenvalue weighted by Gasteiger charge is 2.22. The van der Waals surface area contributed by atoms with Gasteiger partial charge in [0.15, 0.2) is 11.6 Å². The number of halogens is 3. The third-order valence-corrected chi connectivity index (χ3v) is 3.83. The number of carbonyl (C=O) groups is 1. The number of ether oxygens (including phenoxy) is 1. The number of alkyl halides is 2. The molecule has 1 fully saturated rings. The SMILES string of the molecule is CC1CCCCC1NC(=O)Nc1ccc(OC(F)F)c(F)c1. The molecule has 0 spiro atoms.